The van der Waals surface area contributed by atoms with Crippen molar-refractivity contribution in [3.63, 3.8) is 0 Å². The Bertz CT molecular complexity index is 1760. The van der Waals surface area contributed by atoms with Crippen LogP contribution >= 0.6 is 22.7 Å². The van der Waals surface area contributed by atoms with Gasteiger partial charge in [0, 0.05) is 46.0 Å². The predicted molar refractivity (Wildman–Crippen MR) is 154 cm³/mol. The highest BCUT2D eigenvalue weighted by molar-refractivity contribution is 7.16. The van der Waals surface area contributed by atoms with E-state index in [2.05, 4.69) is 54.8 Å². The molecule has 4 rings (SSSR count). The van der Waals surface area contributed by atoms with Crippen LogP contribution < -0.4 is 14.7 Å². The fraction of sp³-hybridized carbons (Fsp3) is 0.133. The molecular formula is C30H23N5OS2. The summed E-state index contributed by atoms with van der Waals surface area (Å²) >= 11 is 3.20. The van der Waals surface area contributed by atoms with Crippen LogP contribution in [-0.4, -0.2) is 32.0 Å². The number of likely N-dealkylation sites (N-methyl/N-ethyl adjacent to an activating group) is 1. The van der Waals surface area contributed by atoms with Gasteiger partial charge in [-0.3, -0.25) is 4.79 Å². The van der Waals surface area contributed by atoms with E-state index < -0.39 is 5.91 Å². The molecule has 0 atom stereocenters. The molecule has 0 bridgehead atoms. The van der Waals surface area contributed by atoms with Gasteiger partial charge in [0.1, 0.15) is 18.2 Å². The Labute approximate surface area is 229 Å². The molecule has 0 spiro atoms. The second-order valence-electron chi connectivity index (χ2n) is 8.82. The van der Waals surface area contributed by atoms with E-state index in [4.69, 9.17) is 0 Å². The molecule has 1 aromatic carbocycles. The van der Waals surface area contributed by atoms with E-state index in [9.17, 15) is 20.6 Å². The number of aryl methyl sites for hydroxylation is 1. The molecule has 0 N–H and O–H groups in total. The highest BCUT2D eigenvalue weighted by Crippen LogP contribution is 2.33. The summed E-state index contributed by atoms with van der Waals surface area (Å²) in [6.07, 6.45) is 5.45. The Kier molecular flexibility index (Phi) is 7.46. The number of nitriles is 3. The largest absolute Gasteiger partial charge is 0.378 e. The van der Waals surface area contributed by atoms with Crippen molar-refractivity contribution >= 4 is 53.0 Å². The first kappa shape index (κ1) is 26.4. The second-order valence-corrected chi connectivity index (χ2v) is 11.1. The number of carbonyl (C=O) groups is 1. The van der Waals surface area contributed by atoms with Gasteiger partial charge in [0.15, 0.2) is 5.57 Å². The van der Waals surface area contributed by atoms with Crippen molar-refractivity contribution in [3.8, 4) is 28.6 Å². The van der Waals surface area contributed by atoms with E-state index in [0.717, 1.165) is 25.2 Å². The van der Waals surface area contributed by atoms with Crippen molar-refractivity contribution < 1.29 is 4.79 Å². The van der Waals surface area contributed by atoms with E-state index in [1.165, 1.54) is 39.3 Å². The number of hydrogen-bond acceptors (Lipinski definition) is 7. The number of allylic oxidation sites excluding steroid dienone is 2. The molecule has 0 fully saturated rings. The molecule has 0 aliphatic carbocycles. The summed E-state index contributed by atoms with van der Waals surface area (Å²) in [5.74, 6) is -0.436. The van der Waals surface area contributed by atoms with Gasteiger partial charge in [0.25, 0.3) is 5.91 Å². The van der Waals surface area contributed by atoms with Crippen molar-refractivity contribution in [3.05, 3.63) is 90.0 Å². The third kappa shape index (κ3) is 4.94. The van der Waals surface area contributed by atoms with Gasteiger partial charge in [-0.25, -0.2) is 0 Å². The fourth-order valence-corrected chi connectivity index (χ4v) is 6.03. The molecule has 3 heterocycles. The number of rotatable bonds is 5. The number of benzene rings is 1. The maximum absolute atomic E-state index is 12.8. The summed E-state index contributed by atoms with van der Waals surface area (Å²) in [5, 5.41) is 29.1. The summed E-state index contributed by atoms with van der Waals surface area (Å²) in [5.41, 5.74) is 3.44. The van der Waals surface area contributed by atoms with E-state index >= 15 is 0 Å². The van der Waals surface area contributed by atoms with Crippen LogP contribution in [0.5, 0.6) is 0 Å². The molecule has 3 aromatic rings. The van der Waals surface area contributed by atoms with Gasteiger partial charge in [-0.1, -0.05) is 18.7 Å². The summed E-state index contributed by atoms with van der Waals surface area (Å²) < 4.78 is 0.885. The zero-order chi connectivity index (χ0) is 27.6. The van der Waals surface area contributed by atoms with Gasteiger partial charge in [0.2, 0.25) is 0 Å². The topological polar surface area (TPSA) is 94.9 Å². The molecule has 0 saturated carbocycles. The normalized spacial score (nSPS) is 13.7. The molecule has 2 aromatic heterocycles. The van der Waals surface area contributed by atoms with Crippen LogP contribution in [0, 0.1) is 40.9 Å². The molecule has 186 valence electrons. The first-order chi connectivity index (χ1) is 18.2. The number of anilines is 1. The lowest BCUT2D eigenvalue weighted by atomic mass is 10.1. The summed E-state index contributed by atoms with van der Waals surface area (Å²) in [7, 11) is 5.50. The van der Waals surface area contributed by atoms with Crippen LogP contribution in [0.25, 0.3) is 29.2 Å². The number of thiophene rings is 2. The average Bonchev–Trinajstić information content (AvgIpc) is 3.53. The number of carbonyl (C=O) groups excluding carboxylic acids is 1. The van der Waals surface area contributed by atoms with Crippen LogP contribution in [-0.2, 0) is 4.79 Å². The SMILES string of the molecule is C=c1sc(/C=C/C2=C(C#N)C(=C(C#N)C#N)N(C)C2=O)c/c1=C/c1sc(-c2ccc(N(C)C)cc2)cc1C. The summed E-state index contributed by atoms with van der Waals surface area (Å²) in [4.78, 5) is 19.2. The molecule has 8 heteroatoms. The minimum Gasteiger partial charge on any atom is -0.378 e. The molecule has 6 nitrogen and oxygen atoms in total. The predicted octanol–water partition coefficient (Wildman–Crippen LogP) is 4.70. The van der Waals surface area contributed by atoms with Crippen LogP contribution in [0.3, 0.4) is 0 Å². The monoisotopic (exact) mass is 533 g/mol. The van der Waals surface area contributed by atoms with Gasteiger partial charge in [-0.2, -0.15) is 15.8 Å². The van der Waals surface area contributed by atoms with Crippen LogP contribution in [0.4, 0.5) is 5.69 Å². The van der Waals surface area contributed by atoms with E-state index in [1.807, 2.05) is 26.2 Å². The van der Waals surface area contributed by atoms with Crippen molar-refractivity contribution in [2.24, 2.45) is 0 Å². The van der Waals surface area contributed by atoms with Crippen LogP contribution in [0.15, 0.2) is 64.9 Å². The van der Waals surface area contributed by atoms with Gasteiger partial charge in [-0.05, 0) is 65.8 Å². The lowest BCUT2D eigenvalue weighted by Crippen LogP contribution is -2.21. The summed E-state index contributed by atoms with van der Waals surface area (Å²) in [6, 6.07) is 18.2. The maximum atomic E-state index is 12.8. The number of hydrogen-bond donors (Lipinski definition) is 0. The molecule has 1 aliphatic rings. The van der Waals surface area contributed by atoms with E-state index in [0.29, 0.717) is 0 Å². The lowest BCUT2D eigenvalue weighted by molar-refractivity contribution is -0.122. The van der Waals surface area contributed by atoms with E-state index in [-0.39, 0.29) is 22.4 Å². The minimum absolute atomic E-state index is 0.0189. The molecule has 0 saturated heterocycles. The van der Waals surface area contributed by atoms with Crippen molar-refractivity contribution in [1.29, 1.82) is 15.8 Å². The standard InChI is InChI=1S/C30H23N5OS2/c1-18-12-28(20-6-8-23(9-7-20)34(3)4)38-27(18)14-21-13-24(37-19(21)2)10-11-25-26(17-33)29(22(15-31)16-32)35(5)30(25)36/h6-14H,2H2,1,3-5H3/b11-10+,21-14-. The van der Waals surface area contributed by atoms with Crippen molar-refractivity contribution in [2.75, 3.05) is 26.0 Å². The lowest BCUT2D eigenvalue weighted by Gasteiger charge is -2.12. The average molecular weight is 534 g/mol. The van der Waals surface area contributed by atoms with Gasteiger partial charge >= 0.3 is 0 Å². The Morgan fingerprint density at radius 3 is 2.34 bits per heavy atom. The molecule has 1 amide bonds. The first-order valence-corrected chi connectivity index (χ1v) is 13.2. The molecule has 38 heavy (non-hydrogen) atoms. The van der Waals surface area contributed by atoms with Gasteiger partial charge in [0.05, 0.1) is 16.8 Å². The van der Waals surface area contributed by atoms with Crippen molar-refractivity contribution in [1.82, 2.24) is 4.90 Å². The molecule has 0 radical (unpaired) electrons. The molecule has 0 unspecified atom stereocenters. The quantitative estimate of drug-likeness (QED) is 0.443. The fourth-order valence-electron chi connectivity index (χ4n) is 4.06. The molecule has 1 aliphatic heterocycles. The van der Waals surface area contributed by atoms with Crippen LogP contribution in [0.1, 0.15) is 15.3 Å². The van der Waals surface area contributed by atoms with E-state index in [1.54, 1.807) is 35.6 Å². The highest BCUT2D eigenvalue weighted by atomic mass is 32.1. The maximum Gasteiger partial charge on any atom is 0.259 e. The first-order valence-electron chi connectivity index (χ1n) is 11.5. The molecular weight excluding hydrogens is 510 g/mol. The van der Waals surface area contributed by atoms with Crippen molar-refractivity contribution in [2.45, 2.75) is 6.92 Å². The zero-order valence-corrected chi connectivity index (χ0v) is 23.0. The third-order valence-corrected chi connectivity index (χ3v) is 8.34. The highest BCUT2D eigenvalue weighted by Gasteiger charge is 2.34. The van der Waals surface area contributed by atoms with Gasteiger partial charge in [-0.15, -0.1) is 22.7 Å². The smallest absolute Gasteiger partial charge is 0.259 e. The number of amides is 1. The van der Waals surface area contributed by atoms with Gasteiger partial charge < -0.3 is 9.80 Å². The second kappa shape index (κ2) is 10.7. The Hall–Kier alpha value is -4.68. The zero-order valence-electron chi connectivity index (χ0n) is 21.4. The summed E-state index contributed by atoms with van der Waals surface area (Å²) in [6.45, 7) is 6.28. The Morgan fingerprint density at radius 2 is 1.74 bits per heavy atom. The Morgan fingerprint density at radius 1 is 1.05 bits per heavy atom. The minimum atomic E-state index is -0.436. The number of nitrogens with zero attached hydrogens (tertiary/aromatic N) is 5. The third-order valence-electron chi connectivity index (χ3n) is 6.13. The van der Waals surface area contributed by atoms with Crippen LogP contribution in [0.2, 0.25) is 0 Å². The Balaban J connectivity index is 1.67.